The van der Waals surface area contributed by atoms with Crippen molar-refractivity contribution in [1.82, 2.24) is 24.9 Å². The summed E-state index contributed by atoms with van der Waals surface area (Å²) < 4.78 is 11.2. The Balaban J connectivity index is 1.38. The lowest BCUT2D eigenvalue weighted by molar-refractivity contribution is 0.0363. The molecule has 9 heteroatoms. The average Bonchev–Trinajstić information content (AvgIpc) is 3.46. The molecule has 5 rings (SSSR count). The molecule has 0 bridgehead atoms. The second-order valence-electron chi connectivity index (χ2n) is 7.68. The summed E-state index contributed by atoms with van der Waals surface area (Å²) in [6.07, 6.45) is 6.05. The lowest BCUT2D eigenvalue weighted by atomic mass is 9.99. The van der Waals surface area contributed by atoms with Crippen molar-refractivity contribution >= 4 is 11.9 Å². The number of esters is 1. The van der Waals surface area contributed by atoms with Gasteiger partial charge in [-0.3, -0.25) is 4.79 Å². The first kappa shape index (κ1) is 19.2. The third-order valence-corrected chi connectivity index (χ3v) is 5.73. The summed E-state index contributed by atoms with van der Waals surface area (Å²) in [6.45, 7) is 2.61. The standard InChI is InChI=1S/C22H21N5O4/c1-14-6-7-15(31-20-18-13-30-22(29)16(18)8-9-23-20)12-26(14)21(28)17-4-2-3-5-19(17)27-24-10-11-25-27/h2-5,8-11,14-15H,6-7,12-13H2,1H3/t14-,15-/m1/s1. The number of likely N-dealkylation sites (tertiary alicyclic amines) is 1. The van der Waals surface area contributed by atoms with Crippen LogP contribution < -0.4 is 4.74 Å². The smallest absolute Gasteiger partial charge is 0.339 e. The Bertz CT molecular complexity index is 1130. The van der Waals surface area contributed by atoms with E-state index in [1.807, 2.05) is 30.0 Å². The van der Waals surface area contributed by atoms with Crippen LogP contribution in [-0.4, -0.2) is 55.4 Å². The number of fused-ring (bicyclic) bond motifs is 1. The first-order valence-electron chi connectivity index (χ1n) is 10.2. The molecule has 0 spiro atoms. The highest BCUT2D eigenvalue weighted by Crippen LogP contribution is 2.30. The minimum absolute atomic E-state index is 0.0605. The SMILES string of the molecule is C[C@@H]1CC[C@@H](Oc2nccc3c2COC3=O)CN1C(=O)c1ccccc1-n1nccn1. The molecule has 0 N–H and O–H groups in total. The van der Waals surface area contributed by atoms with E-state index in [-0.39, 0.29) is 30.6 Å². The Morgan fingerprint density at radius 3 is 2.77 bits per heavy atom. The van der Waals surface area contributed by atoms with Crippen molar-refractivity contribution in [3.05, 3.63) is 65.6 Å². The van der Waals surface area contributed by atoms with E-state index in [9.17, 15) is 9.59 Å². The summed E-state index contributed by atoms with van der Waals surface area (Å²) in [4.78, 5) is 32.9. The predicted octanol–water partition coefficient (Wildman–Crippen LogP) is 2.40. The number of cyclic esters (lactones) is 1. The van der Waals surface area contributed by atoms with E-state index < -0.39 is 0 Å². The van der Waals surface area contributed by atoms with Crippen molar-refractivity contribution in [1.29, 1.82) is 0 Å². The molecule has 3 aromatic rings. The number of rotatable bonds is 4. The van der Waals surface area contributed by atoms with Crippen molar-refractivity contribution in [2.45, 2.75) is 38.5 Å². The average molecular weight is 419 g/mol. The molecule has 1 saturated heterocycles. The van der Waals surface area contributed by atoms with Gasteiger partial charge < -0.3 is 14.4 Å². The van der Waals surface area contributed by atoms with E-state index >= 15 is 0 Å². The van der Waals surface area contributed by atoms with E-state index in [0.29, 0.717) is 34.8 Å². The highest BCUT2D eigenvalue weighted by Gasteiger charge is 2.33. The minimum atomic E-state index is -0.361. The third kappa shape index (κ3) is 3.52. The van der Waals surface area contributed by atoms with Gasteiger partial charge in [-0.15, -0.1) is 0 Å². The number of benzene rings is 1. The maximum Gasteiger partial charge on any atom is 0.339 e. The van der Waals surface area contributed by atoms with Gasteiger partial charge >= 0.3 is 5.97 Å². The van der Waals surface area contributed by atoms with Gasteiger partial charge in [0.15, 0.2) is 0 Å². The molecule has 0 saturated carbocycles. The molecule has 1 aromatic carbocycles. The highest BCUT2D eigenvalue weighted by molar-refractivity contribution is 5.98. The van der Waals surface area contributed by atoms with Gasteiger partial charge in [-0.25, -0.2) is 9.78 Å². The number of piperidine rings is 1. The van der Waals surface area contributed by atoms with Crippen molar-refractivity contribution < 1.29 is 19.1 Å². The Kier molecular flexibility index (Phi) is 4.85. The topological polar surface area (TPSA) is 99.4 Å². The predicted molar refractivity (Wildman–Crippen MR) is 109 cm³/mol. The van der Waals surface area contributed by atoms with Crippen molar-refractivity contribution in [2.24, 2.45) is 0 Å². The summed E-state index contributed by atoms with van der Waals surface area (Å²) in [7, 11) is 0. The van der Waals surface area contributed by atoms with Gasteiger partial charge in [-0.1, -0.05) is 12.1 Å². The Labute approximate surface area is 178 Å². The fraction of sp³-hybridized carbons (Fsp3) is 0.318. The summed E-state index contributed by atoms with van der Waals surface area (Å²) in [5, 5.41) is 8.33. The quantitative estimate of drug-likeness (QED) is 0.599. The Morgan fingerprint density at radius 2 is 1.94 bits per heavy atom. The van der Waals surface area contributed by atoms with Crippen LogP contribution in [0.25, 0.3) is 5.69 Å². The zero-order chi connectivity index (χ0) is 21.4. The van der Waals surface area contributed by atoms with Crippen LogP contribution in [0, 0.1) is 0 Å². The van der Waals surface area contributed by atoms with Crippen LogP contribution in [0.3, 0.4) is 0 Å². The Morgan fingerprint density at radius 1 is 1.13 bits per heavy atom. The molecule has 158 valence electrons. The monoisotopic (exact) mass is 419 g/mol. The second kappa shape index (κ2) is 7.82. The summed E-state index contributed by atoms with van der Waals surface area (Å²) in [5.74, 6) is -0.0601. The number of amides is 1. The number of hydrogen-bond acceptors (Lipinski definition) is 7. The van der Waals surface area contributed by atoms with Crippen LogP contribution in [0.5, 0.6) is 5.88 Å². The number of para-hydroxylation sites is 1. The first-order valence-corrected chi connectivity index (χ1v) is 10.2. The lowest BCUT2D eigenvalue weighted by Gasteiger charge is -2.38. The molecule has 0 radical (unpaired) electrons. The molecule has 2 atom stereocenters. The summed E-state index contributed by atoms with van der Waals surface area (Å²) in [5.41, 5.74) is 2.32. The zero-order valence-electron chi connectivity index (χ0n) is 17.0. The number of hydrogen-bond donors (Lipinski definition) is 0. The van der Waals surface area contributed by atoms with Crippen LogP contribution >= 0.6 is 0 Å². The summed E-state index contributed by atoms with van der Waals surface area (Å²) >= 11 is 0. The van der Waals surface area contributed by atoms with Gasteiger partial charge in [0.1, 0.15) is 12.7 Å². The van der Waals surface area contributed by atoms with Crippen molar-refractivity contribution in [3.63, 3.8) is 0 Å². The van der Waals surface area contributed by atoms with Gasteiger partial charge in [0, 0.05) is 12.2 Å². The maximum atomic E-state index is 13.5. The molecule has 4 heterocycles. The van der Waals surface area contributed by atoms with Gasteiger partial charge in [0.2, 0.25) is 5.88 Å². The zero-order valence-corrected chi connectivity index (χ0v) is 17.0. The minimum Gasteiger partial charge on any atom is -0.472 e. The number of aromatic nitrogens is 4. The molecule has 1 amide bonds. The van der Waals surface area contributed by atoms with Crippen LogP contribution in [0.2, 0.25) is 0 Å². The van der Waals surface area contributed by atoms with Gasteiger partial charge in [-0.05, 0) is 38.0 Å². The largest absolute Gasteiger partial charge is 0.472 e. The summed E-state index contributed by atoms with van der Waals surface area (Å²) in [6, 6.07) is 8.99. The molecule has 2 aromatic heterocycles. The van der Waals surface area contributed by atoms with Gasteiger partial charge in [-0.2, -0.15) is 15.0 Å². The first-order chi connectivity index (χ1) is 15.1. The van der Waals surface area contributed by atoms with Gasteiger partial charge in [0.05, 0.1) is 41.3 Å². The Hall–Kier alpha value is -3.75. The molecule has 0 aliphatic carbocycles. The second-order valence-corrected chi connectivity index (χ2v) is 7.68. The van der Waals surface area contributed by atoms with E-state index in [2.05, 4.69) is 15.2 Å². The van der Waals surface area contributed by atoms with Gasteiger partial charge in [0.25, 0.3) is 5.91 Å². The third-order valence-electron chi connectivity index (χ3n) is 5.73. The molecular weight excluding hydrogens is 398 g/mol. The fourth-order valence-corrected chi connectivity index (χ4v) is 4.06. The lowest BCUT2D eigenvalue weighted by Crippen LogP contribution is -2.49. The fourth-order valence-electron chi connectivity index (χ4n) is 4.06. The molecule has 31 heavy (non-hydrogen) atoms. The molecule has 1 fully saturated rings. The van der Waals surface area contributed by atoms with E-state index in [4.69, 9.17) is 9.47 Å². The normalized spacial score (nSPS) is 20.3. The molecule has 2 aliphatic heterocycles. The van der Waals surface area contributed by atoms with Crippen LogP contribution in [0.1, 0.15) is 46.0 Å². The van der Waals surface area contributed by atoms with Crippen molar-refractivity contribution in [2.75, 3.05) is 6.54 Å². The molecule has 9 nitrogen and oxygen atoms in total. The highest BCUT2D eigenvalue weighted by atomic mass is 16.5. The number of pyridine rings is 1. The van der Waals surface area contributed by atoms with Crippen LogP contribution in [0.15, 0.2) is 48.9 Å². The van der Waals surface area contributed by atoms with E-state index in [1.54, 1.807) is 30.7 Å². The van der Waals surface area contributed by atoms with Crippen LogP contribution in [-0.2, 0) is 11.3 Å². The molecular formula is C22H21N5O4. The molecule has 0 unspecified atom stereocenters. The number of nitrogens with zero attached hydrogens (tertiary/aromatic N) is 5. The number of carbonyl (C=O) groups excluding carboxylic acids is 2. The maximum absolute atomic E-state index is 13.5. The number of ether oxygens (including phenoxy) is 2. The molecule has 2 aliphatic rings. The van der Waals surface area contributed by atoms with E-state index in [0.717, 1.165) is 12.8 Å². The number of carbonyl (C=O) groups is 2. The van der Waals surface area contributed by atoms with Crippen molar-refractivity contribution in [3.8, 4) is 11.6 Å². The van der Waals surface area contributed by atoms with Crippen LogP contribution in [0.4, 0.5) is 0 Å². The van der Waals surface area contributed by atoms with E-state index in [1.165, 1.54) is 4.80 Å².